The van der Waals surface area contributed by atoms with Crippen LogP contribution >= 0.6 is 11.6 Å². The lowest BCUT2D eigenvalue weighted by atomic mass is 9.95. The van der Waals surface area contributed by atoms with E-state index in [9.17, 15) is 13.6 Å². The van der Waals surface area contributed by atoms with Gasteiger partial charge in [0.05, 0.1) is 18.8 Å². The van der Waals surface area contributed by atoms with Gasteiger partial charge >= 0.3 is 0 Å². The smallest absolute Gasteiger partial charge is 0.276 e. The van der Waals surface area contributed by atoms with Gasteiger partial charge < -0.3 is 4.90 Å². The highest BCUT2D eigenvalue weighted by Gasteiger charge is 2.30. The number of amides is 1. The van der Waals surface area contributed by atoms with Crippen molar-refractivity contribution >= 4 is 17.5 Å². The average Bonchev–Trinajstić information content (AvgIpc) is 3.19. The van der Waals surface area contributed by atoms with Crippen molar-refractivity contribution in [1.82, 2.24) is 19.9 Å². The summed E-state index contributed by atoms with van der Waals surface area (Å²) in [6.45, 7) is 0.887. The fraction of sp³-hybridized carbons (Fsp3) is 0.286. The highest BCUT2D eigenvalue weighted by atomic mass is 35.5. The molecule has 1 saturated heterocycles. The monoisotopic (exact) mass is 416 g/mol. The van der Waals surface area contributed by atoms with E-state index in [1.54, 1.807) is 29.3 Å². The number of piperidine rings is 1. The average molecular weight is 417 g/mol. The quantitative estimate of drug-likeness (QED) is 0.623. The maximum absolute atomic E-state index is 13.3. The molecule has 2 aromatic carbocycles. The van der Waals surface area contributed by atoms with Crippen molar-refractivity contribution in [1.29, 1.82) is 0 Å². The summed E-state index contributed by atoms with van der Waals surface area (Å²) in [6.07, 6.45) is 4.29. The number of hydrogen-bond acceptors (Lipinski definition) is 3. The van der Waals surface area contributed by atoms with Gasteiger partial charge in [-0.15, -0.1) is 5.10 Å². The molecule has 0 saturated carbocycles. The van der Waals surface area contributed by atoms with Crippen LogP contribution in [0.25, 0.3) is 0 Å². The Bertz CT molecular complexity index is 1020. The second kappa shape index (κ2) is 8.29. The van der Waals surface area contributed by atoms with Gasteiger partial charge in [-0.3, -0.25) is 4.79 Å². The van der Waals surface area contributed by atoms with Crippen molar-refractivity contribution in [3.05, 3.63) is 82.1 Å². The normalized spacial score (nSPS) is 16.8. The summed E-state index contributed by atoms with van der Waals surface area (Å²) in [7, 11) is 0. The molecule has 0 bridgehead atoms. The van der Waals surface area contributed by atoms with E-state index in [1.165, 1.54) is 28.9 Å². The molecule has 29 heavy (non-hydrogen) atoms. The summed E-state index contributed by atoms with van der Waals surface area (Å²) in [4.78, 5) is 14.9. The number of carbonyl (C=O) groups excluding carboxylic acids is 1. The van der Waals surface area contributed by atoms with Gasteiger partial charge in [-0.05, 0) is 54.7 Å². The molecule has 1 fully saturated rings. The van der Waals surface area contributed by atoms with E-state index in [0.717, 1.165) is 24.8 Å². The Morgan fingerprint density at radius 1 is 1.10 bits per heavy atom. The van der Waals surface area contributed by atoms with Crippen molar-refractivity contribution in [2.45, 2.75) is 31.8 Å². The number of nitrogens with zero attached hydrogens (tertiary/aromatic N) is 4. The lowest BCUT2D eigenvalue weighted by Crippen LogP contribution is -2.38. The lowest BCUT2D eigenvalue weighted by Gasteiger charge is -2.35. The molecule has 0 N–H and O–H groups in total. The molecule has 0 unspecified atom stereocenters. The maximum atomic E-state index is 13.3. The van der Waals surface area contributed by atoms with E-state index < -0.39 is 5.82 Å². The van der Waals surface area contributed by atoms with Gasteiger partial charge in [0.1, 0.15) is 11.6 Å². The summed E-state index contributed by atoms with van der Waals surface area (Å²) in [5.74, 6) is -0.926. The molecule has 1 aliphatic heterocycles. The summed E-state index contributed by atoms with van der Waals surface area (Å²) in [5, 5.41) is 8.33. The molecule has 1 aliphatic rings. The molecule has 2 heterocycles. The van der Waals surface area contributed by atoms with Gasteiger partial charge in [-0.2, -0.15) is 0 Å². The summed E-state index contributed by atoms with van der Waals surface area (Å²) >= 11 is 6.07. The Labute approximate surface area is 171 Å². The molecule has 0 radical (unpaired) electrons. The second-order valence-corrected chi connectivity index (χ2v) is 7.51. The van der Waals surface area contributed by atoms with Crippen molar-refractivity contribution < 1.29 is 13.6 Å². The predicted molar refractivity (Wildman–Crippen MR) is 105 cm³/mol. The van der Waals surface area contributed by atoms with E-state index in [4.69, 9.17) is 11.6 Å². The molecule has 1 atom stereocenters. The van der Waals surface area contributed by atoms with Crippen molar-refractivity contribution in [3.8, 4) is 0 Å². The Morgan fingerprint density at radius 3 is 2.62 bits per heavy atom. The first-order chi connectivity index (χ1) is 14.0. The Kier molecular flexibility index (Phi) is 5.58. The zero-order valence-corrected chi connectivity index (χ0v) is 16.3. The van der Waals surface area contributed by atoms with Crippen molar-refractivity contribution in [2.75, 3.05) is 6.54 Å². The zero-order chi connectivity index (χ0) is 20.4. The largest absolute Gasteiger partial charge is 0.330 e. The standard InChI is InChI=1S/C21H19ClF2N4O/c22-18-11-17(24)9-6-15(18)12-27-13-19(25-26-27)21(29)28-10-2-1-3-20(28)14-4-7-16(23)8-5-14/h4-9,11,13,20H,1-3,10,12H2/t20-/m0/s1. The van der Waals surface area contributed by atoms with E-state index in [2.05, 4.69) is 10.3 Å². The van der Waals surface area contributed by atoms with Crippen LogP contribution in [-0.4, -0.2) is 32.3 Å². The Balaban J connectivity index is 1.53. The third kappa shape index (κ3) is 4.29. The molecular formula is C21H19ClF2N4O. The molecule has 1 amide bonds. The number of likely N-dealkylation sites (tertiary alicyclic amines) is 1. The topological polar surface area (TPSA) is 51.0 Å². The molecule has 0 spiro atoms. The number of carbonyl (C=O) groups is 1. The second-order valence-electron chi connectivity index (χ2n) is 7.10. The highest BCUT2D eigenvalue weighted by molar-refractivity contribution is 6.31. The van der Waals surface area contributed by atoms with Gasteiger partial charge in [0, 0.05) is 11.6 Å². The van der Waals surface area contributed by atoms with Crippen LogP contribution in [0.3, 0.4) is 0 Å². The minimum atomic E-state index is -0.412. The fourth-order valence-electron chi connectivity index (χ4n) is 3.65. The number of hydrogen-bond donors (Lipinski definition) is 0. The van der Waals surface area contributed by atoms with Crippen molar-refractivity contribution in [3.63, 3.8) is 0 Å². The molecule has 3 aromatic rings. The van der Waals surface area contributed by atoms with Crippen LogP contribution in [-0.2, 0) is 6.54 Å². The Hall–Kier alpha value is -2.80. The molecule has 1 aromatic heterocycles. The summed E-state index contributed by atoms with van der Waals surface area (Å²) in [5.41, 5.74) is 1.82. The van der Waals surface area contributed by atoms with Gasteiger partial charge in [-0.1, -0.05) is 35.0 Å². The van der Waals surface area contributed by atoms with Gasteiger partial charge in [-0.25, -0.2) is 13.5 Å². The minimum Gasteiger partial charge on any atom is -0.330 e. The number of halogens is 3. The van der Waals surface area contributed by atoms with Gasteiger partial charge in [0.25, 0.3) is 5.91 Å². The van der Waals surface area contributed by atoms with Crippen molar-refractivity contribution in [2.24, 2.45) is 0 Å². The van der Waals surface area contributed by atoms with Crippen LogP contribution in [0, 0.1) is 11.6 Å². The number of rotatable bonds is 4. The molecule has 0 aliphatic carbocycles. The highest BCUT2D eigenvalue weighted by Crippen LogP contribution is 2.32. The number of benzene rings is 2. The van der Waals surface area contributed by atoms with Crippen LogP contribution in [0.4, 0.5) is 8.78 Å². The first kappa shape index (κ1) is 19.5. The van der Waals surface area contributed by atoms with Crippen LogP contribution < -0.4 is 0 Å². The maximum Gasteiger partial charge on any atom is 0.276 e. The van der Waals surface area contributed by atoms with E-state index >= 15 is 0 Å². The zero-order valence-electron chi connectivity index (χ0n) is 15.6. The molecule has 8 heteroatoms. The number of aromatic nitrogens is 3. The molecule has 5 nitrogen and oxygen atoms in total. The lowest BCUT2D eigenvalue weighted by molar-refractivity contribution is 0.0605. The molecular weight excluding hydrogens is 398 g/mol. The van der Waals surface area contributed by atoms with E-state index in [1.807, 2.05) is 0 Å². The van der Waals surface area contributed by atoms with Crippen LogP contribution in [0.15, 0.2) is 48.7 Å². The first-order valence-electron chi connectivity index (χ1n) is 9.42. The van der Waals surface area contributed by atoms with E-state index in [-0.39, 0.29) is 30.0 Å². The van der Waals surface area contributed by atoms with Crippen LogP contribution in [0.5, 0.6) is 0 Å². The molecule has 150 valence electrons. The van der Waals surface area contributed by atoms with Crippen LogP contribution in [0.1, 0.15) is 46.9 Å². The fourth-order valence-corrected chi connectivity index (χ4v) is 3.88. The van der Waals surface area contributed by atoms with Gasteiger partial charge in [0.2, 0.25) is 0 Å². The van der Waals surface area contributed by atoms with E-state index in [0.29, 0.717) is 17.1 Å². The summed E-state index contributed by atoms with van der Waals surface area (Å²) in [6, 6.07) is 10.3. The minimum absolute atomic E-state index is 0.117. The molecule has 4 rings (SSSR count). The Morgan fingerprint density at radius 2 is 1.86 bits per heavy atom. The third-order valence-electron chi connectivity index (χ3n) is 5.12. The van der Waals surface area contributed by atoms with Crippen LogP contribution in [0.2, 0.25) is 5.02 Å². The van der Waals surface area contributed by atoms with Gasteiger partial charge in [0.15, 0.2) is 5.69 Å². The SMILES string of the molecule is O=C(c1cn(Cc2ccc(F)cc2Cl)nn1)N1CCCC[C@H]1c1ccc(F)cc1. The third-order valence-corrected chi connectivity index (χ3v) is 5.48. The summed E-state index contributed by atoms with van der Waals surface area (Å²) < 4.78 is 28.0. The first-order valence-corrected chi connectivity index (χ1v) is 9.79. The predicted octanol–water partition coefficient (Wildman–Crippen LogP) is 4.63.